The fourth-order valence-corrected chi connectivity index (χ4v) is 4.14. The second-order valence-electron chi connectivity index (χ2n) is 8.18. The van der Waals surface area contributed by atoms with Crippen molar-refractivity contribution in [1.82, 2.24) is 14.8 Å². The Kier molecular flexibility index (Phi) is 5.93. The third-order valence-corrected chi connectivity index (χ3v) is 5.68. The predicted octanol–water partition coefficient (Wildman–Crippen LogP) is 4.41. The number of hydrogen-bond donors (Lipinski definition) is 0. The minimum Gasteiger partial charge on any atom is -0.497 e. The van der Waals surface area contributed by atoms with Crippen molar-refractivity contribution < 1.29 is 14.3 Å². The zero-order chi connectivity index (χ0) is 22.0. The number of rotatable bonds is 6. The van der Waals surface area contributed by atoms with Gasteiger partial charge in [0.15, 0.2) is 0 Å². The van der Waals surface area contributed by atoms with Crippen molar-refractivity contribution in [2.75, 3.05) is 19.1 Å². The van der Waals surface area contributed by atoms with E-state index >= 15 is 0 Å². The molecule has 2 atom stereocenters. The molecule has 1 aliphatic rings. The summed E-state index contributed by atoms with van der Waals surface area (Å²) < 4.78 is 12.5. The first-order valence-corrected chi connectivity index (χ1v) is 10.5. The monoisotopic (exact) mass is 420 g/mol. The highest BCUT2D eigenvalue weighted by Gasteiger charge is 2.39. The Balaban J connectivity index is 1.78. The van der Waals surface area contributed by atoms with Gasteiger partial charge in [0, 0.05) is 6.42 Å². The predicted molar refractivity (Wildman–Crippen MR) is 118 cm³/mol. The summed E-state index contributed by atoms with van der Waals surface area (Å²) in [4.78, 5) is 19.6. The number of nitrogens with zero attached hydrogens (tertiary/aromatic N) is 4. The van der Waals surface area contributed by atoms with Gasteiger partial charge < -0.3 is 9.47 Å². The lowest BCUT2D eigenvalue weighted by Crippen LogP contribution is -2.43. The van der Waals surface area contributed by atoms with E-state index < -0.39 is 0 Å². The van der Waals surface area contributed by atoms with Crippen molar-refractivity contribution >= 4 is 11.9 Å². The molecular formula is C24H28N4O3. The lowest BCUT2D eigenvalue weighted by atomic mass is 9.91. The van der Waals surface area contributed by atoms with E-state index in [1.807, 2.05) is 58.1 Å². The normalized spacial score (nSPS) is 18.0. The van der Waals surface area contributed by atoms with Gasteiger partial charge in [-0.15, -0.1) is 0 Å². The zero-order valence-electron chi connectivity index (χ0n) is 18.4. The summed E-state index contributed by atoms with van der Waals surface area (Å²) >= 11 is 0. The Hall–Kier alpha value is -3.35. The Labute approximate surface area is 182 Å². The summed E-state index contributed by atoms with van der Waals surface area (Å²) in [5.74, 6) is 2.48. The van der Waals surface area contributed by atoms with Crippen LogP contribution >= 0.6 is 0 Å². The number of aromatic nitrogens is 3. The molecule has 0 saturated carbocycles. The first kappa shape index (κ1) is 20.9. The van der Waals surface area contributed by atoms with Crippen LogP contribution in [0, 0.1) is 5.92 Å². The van der Waals surface area contributed by atoms with E-state index in [4.69, 9.17) is 9.47 Å². The van der Waals surface area contributed by atoms with Crippen LogP contribution in [0.5, 0.6) is 11.5 Å². The van der Waals surface area contributed by atoms with Gasteiger partial charge in [-0.1, -0.05) is 38.1 Å². The van der Waals surface area contributed by atoms with E-state index in [1.165, 1.54) is 6.33 Å². The van der Waals surface area contributed by atoms with Crippen LogP contribution in [0.2, 0.25) is 0 Å². The Morgan fingerprint density at radius 3 is 2.03 bits per heavy atom. The third-order valence-electron chi connectivity index (χ3n) is 5.68. The number of anilines is 1. The quantitative estimate of drug-likeness (QED) is 0.591. The van der Waals surface area contributed by atoms with E-state index in [2.05, 4.69) is 23.9 Å². The maximum atomic E-state index is 13.3. The molecule has 2 aromatic carbocycles. The molecule has 0 fully saturated rings. The summed E-state index contributed by atoms with van der Waals surface area (Å²) in [5.41, 5.74) is 2.15. The van der Waals surface area contributed by atoms with E-state index in [0.29, 0.717) is 18.8 Å². The van der Waals surface area contributed by atoms with Crippen LogP contribution in [0.25, 0.3) is 0 Å². The molecule has 2 heterocycles. The molecule has 0 bridgehead atoms. The van der Waals surface area contributed by atoms with Gasteiger partial charge in [0.05, 0.1) is 26.3 Å². The molecule has 0 radical (unpaired) electrons. The highest BCUT2D eigenvalue weighted by molar-refractivity contribution is 5.93. The minimum absolute atomic E-state index is 0.0430. The van der Waals surface area contributed by atoms with E-state index in [9.17, 15) is 4.79 Å². The molecule has 1 aromatic heterocycles. The molecular weight excluding hydrogens is 392 g/mol. The zero-order valence-corrected chi connectivity index (χ0v) is 18.4. The van der Waals surface area contributed by atoms with E-state index in [1.54, 1.807) is 14.2 Å². The number of amides is 1. The summed E-state index contributed by atoms with van der Waals surface area (Å²) in [6.45, 7) is 4.10. The first-order chi connectivity index (χ1) is 15.0. The molecule has 0 spiro atoms. The Morgan fingerprint density at radius 2 is 1.52 bits per heavy atom. The molecule has 7 nitrogen and oxygen atoms in total. The number of methoxy groups -OCH3 is 2. The molecule has 7 heteroatoms. The number of carbonyl (C=O) groups is 1. The highest BCUT2D eigenvalue weighted by atomic mass is 16.5. The maximum absolute atomic E-state index is 13.3. The molecule has 162 valence electrons. The number of benzene rings is 2. The van der Waals surface area contributed by atoms with Gasteiger partial charge in [0.25, 0.3) is 0 Å². The largest absolute Gasteiger partial charge is 0.497 e. The number of carbonyl (C=O) groups excluding carboxylic acids is 1. The second-order valence-corrected chi connectivity index (χ2v) is 8.18. The average Bonchev–Trinajstić information content (AvgIpc) is 3.27. The summed E-state index contributed by atoms with van der Waals surface area (Å²) in [5, 5.41) is 4.48. The fraction of sp³-hybridized carbons (Fsp3) is 0.375. The third kappa shape index (κ3) is 4.13. The fourth-order valence-electron chi connectivity index (χ4n) is 4.14. The van der Waals surface area contributed by atoms with Crippen molar-refractivity contribution in [2.45, 2.75) is 38.8 Å². The van der Waals surface area contributed by atoms with Gasteiger partial charge in [0.1, 0.15) is 17.8 Å². The molecule has 3 aromatic rings. The lowest BCUT2D eigenvalue weighted by molar-refractivity contribution is -0.120. The van der Waals surface area contributed by atoms with Crippen molar-refractivity contribution in [3.63, 3.8) is 0 Å². The van der Waals surface area contributed by atoms with Gasteiger partial charge in [-0.05, 0) is 47.7 Å². The lowest BCUT2D eigenvalue weighted by Gasteiger charge is -2.39. The summed E-state index contributed by atoms with van der Waals surface area (Å²) in [6.07, 6.45) is 2.67. The van der Waals surface area contributed by atoms with Gasteiger partial charge in [-0.3, -0.25) is 9.69 Å². The summed E-state index contributed by atoms with van der Waals surface area (Å²) in [7, 11) is 3.30. The van der Waals surface area contributed by atoms with Crippen molar-refractivity contribution in [3.8, 4) is 11.5 Å². The number of ether oxygens (including phenoxy) is 2. The molecule has 1 amide bonds. The smallest absolute Gasteiger partial charge is 0.231 e. The standard InChI is InChI=1S/C24H28N4O3/c1-16(2)13-23(29)27-21(17-5-9-19(30-3)10-6-17)14-22(28-24(27)25-15-26-28)18-7-11-20(31-4)12-8-18/h5-12,15-16,21-22H,13-14H2,1-4H3/t21-,22-/m1/s1. The Morgan fingerprint density at radius 1 is 0.968 bits per heavy atom. The van der Waals surface area contributed by atoms with Gasteiger partial charge in [-0.25, -0.2) is 4.68 Å². The van der Waals surface area contributed by atoms with Crippen LogP contribution in [0.1, 0.15) is 49.9 Å². The molecule has 0 saturated heterocycles. The van der Waals surface area contributed by atoms with Crippen LogP contribution < -0.4 is 14.4 Å². The number of fused-ring (bicyclic) bond motifs is 1. The second kappa shape index (κ2) is 8.79. The number of hydrogen-bond acceptors (Lipinski definition) is 5. The van der Waals surface area contributed by atoms with Crippen LogP contribution in [0.3, 0.4) is 0 Å². The van der Waals surface area contributed by atoms with Crippen LogP contribution in [0.4, 0.5) is 5.95 Å². The Bertz CT molecular complexity index is 1030. The van der Waals surface area contributed by atoms with Crippen molar-refractivity contribution in [1.29, 1.82) is 0 Å². The van der Waals surface area contributed by atoms with Gasteiger partial charge in [0.2, 0.25) is 11.9 Å². The van der Waals surface area contributed by atoms with E-state index in [-0.39, 0.29) is 23.9 Å². The SMILES string of the molecule is COc1ccc([C@H]2C[C@H](c3ccc(OC)cc3)n3ncnc3N2C(=O)CC(C)C)cc1. The van der Waals surface area contributed by atoms with Crippen LogP contribution in [-0.2, 0) is 4.79 Å². The van der Waals surface area contributed by atoms with Crippen molar-refractivity contribution in [2.24, 2.45) is 5.92 Å². The molecule has 0 N–H and O–H groups in total. The molecule has 1 aliphatic heterocycles. The topological polar surface area (TPSA) is 69.5 Å². The highest BCUT2D eigenvalue weighted by Crippen LogP contribution is 2.42. The van der Waals surface area contributed by atoms with Crippen LogP contribution in [0.15, 0.2) is 54.9 Å². The average molecular weight is 421 g/mol. The maximum Gasteiger partial charge on any atom is 0.231 e. The molecule has 0 unspecified atom stereocenters. The molecule has 4 rings (SSSR count). The summed E-state index contributed by atoms with van der Waals surface area (Å²) in [6, 6.07) is 15.7. The van der Waals surface area contributed by atoms with E-state index in [0.717, 1.165) is 22.6 Å². The molecule has 31 heavy (non-hydrogen) atoms. The molecule has 0 aliphatic carbocycles. The minimum atomic E-state index is -0.152. The first-order valence-electron chi connectivity index (χ1n) is 10.5. The van der Waals surface area contributed by atoms with Gasteiger partial charge >= 0.3 is 0 Å². The van der Waals surface area contributed by atoms with Crippen molar-refractivity contribution in [3.05, 3.63) is 66.0 Å². The van der Waals surface area contributed by atoms with Gasteiger partial charge in [-0.2, -0.15) is 10.1 Å². The van der Waals surface area contributed by atoms with Crippen LogP contribution in [-0.4, -0.2) is 34.9 Å².